The van der Waals surface area contributed by atoms with Crippen LogP contribution in [0.25, 0.3) is 0 Å². The fourth-order valence-corrected chi connectivity index (χ4v) is 2.45. The molecule has 0 bridgehead atoms. The minimum Gasteiger partial charge on any atom is -0.414 e. The van der Waals surface area contributed by atoms with Crippen LogP contribution in [-0.2, 0) is 4.43 Å². The molecular formula is C10H22OSi. The molecule has 0 aliphatic heterocycles. The van der Waals surface area contributed by atoms with Gasteiger partial charge in [-0.2, -0.15) is 0 Å². The second-order valence-electron chi connectivity index (χ2n) is 5.63. The van der Waals surface area contributed by atoms with E-state index in [0.29, 0.717) is 11.1 Å². The van der Waals surface area contributed by atoms with Crippen LogP contribution in [-0.4, -0.2) is 14.4 Å². The summed E-state index contributed by atoms with van der Waals surface area (Å²) in [6, 6.07) is 0. The van der Waals surface area contributed by atoms with Gasteiger partial charge in [-0.05, 0) is 30.5 Å². The topological polar surface area (TPSA) is 9.23 Å². The molecule has 2 heteroatoms. The van der Waals surface area contributed by atoms with Crippen molar-refractivity contribution in [1.82, 2.24) is 0 Å². The normalized spacial score (nSPS) is 30.5. The molecule has 0 heterocycles. The van der Waals surface area contributed by atoms with Gasteiger partial charge in [0.1, 0.15) is 0 Å². The van der Waals surface area contributed by atoms with Gasteiger partial charge in [-0.25, -0.2) is 0 Å². The molecule has 1 aliphatic carbocycles. The van der Waals surface area contributed by atoms with Gasteiger partial charge in [0, 0.05) is 6.10 Å². The van der Waals surface area contributed by atoms with Crippen LogP contribution in [0.5, 0.6) is 0 Å². The highest BCUT2D eigenvalue weighted by Gasteiger charge is 2.44. The van der Waals surface area contributed by atoms with E-state index in [-0.39, 0.29) is 0 Å². The van der Waals surface area contributed by atoms with E-state index in [1.807, 2.05) is 0 Å². The summed E-state index contributed by atoms with van der Waals surface area (Å²) in [7, 11) is -1.45. The van der Waals surface area contributed by atoms with Crippen LogP contribution in [0.3, 0.4) is 0 Å². The Morgan fingerprint density at radius 2 is 1.67 bits per heavy atom. The molecule has 12 heavy (non-hydrogen) atoms. The highest BCUT2D eigenvalue weighted by molar-refractivity contribution is 6.74. The molecule has 0 aromatic carbocycles. The summed E-state index contributed by atoms with van der Waals surface area (Å²) in [5.41, 5.74) is 0. The molecule has 0 spiro atoms. The first-order valence-corrected chi connectivity index (χ1v) is 7.83. The zero-order chi connectivity index (χ0) is 9.57. The Morgan fingerprint density at radius 1 is 1.25 bits per heavy atom. The zero-order valence-corrected chi connectivity index (χ0v) is 10.3. The Hall–Kier alpha value is 0.177. The number of hydrogen-bond acceptors (Lipinski definition) is 1. The third kappa shape index (κ3) is 2.11. The molecular weight excluding hydrogens is 164 g/mol. The van der Waals surface area contributed by atoms with Crippen LogP contribution < -0.4 is 0 Å². The lowest BCUT2D eigenvalue weighted by Crippen LogP contribution is -2.41. The molecule has 1 unspecified atom stereocenters. The Morgan fingerprint density at radius 3 is 1.92 bits per heavy atom. The van der Waals surface area contributed by atoms with Gasteiger partial charge in [0.15, 0.2) is 8.32 Å². The molecule has 1 nitrogen and oxygen atoms in total. The maximum Gasteiger partial charge on any atom is 0.192 e. The van der Waals surface area contributed by atoms with Crippen LogP contribution >= 0.6 is 0 Å². The van der Waals surface area contributed by atoms with E-state index < -0.39 is 8.32 Å². The van der Waals surface area contributed by atoms with E-state index in [9.17, 15) is 0 Å². The summed E-state index contributed by atoms with van der Waals surface area (Å²) in [6.45, 7) is 13.8. The van der Waals surface area contributed by atoms with Gasteiger partial charge in [-0.15, -0.1) is 0 Å². The summed E-state index contributed by atoms with van der Waals surface area (Å²) >= 11 is 0. The molecule has 72 valence electrons. The third-order valence-corrected chi connectivity index (χ3v) is 7.79. The summed E-state index contributed by atoms with van der Waals surface area (Å²) < 4.78 is 6.16. The predicted octanol–water partition coefficient (Wildman–Crippen LogP) is 3.42. The highest BCUT2D eigenvalue weighted by Crippen LogP contribution is 2.43. The van der Waals surface area contributed by atoms with Crippen molar-refractivity contribution in [3.63, 3.8) is 0 Å². The van der Waals surface area contributed by atoms with Gasteiger partial charge in [-0.3, -0.25) is 0 Å². The van der Waals surface area contributed by atoms with Crippen LogP contribution in [0.15, 0.2) is 0 Å². The number of rotatable bonds is 2. The van der Waals surface area contributed by atoms with Crippen molar-refractivity contribution < 1.29 is 4.43 Å². The summed E-state index contributed by atoms with van der Waals surface area (Å²) in [5, 5.41) is 0.370. The molecule has 0 saturated heterocycles. The summed E-state index contributed by atoms with van der Waals surface area (Å²) in [6.07, 6.45) is 1.87. The largest absolute Gasteiger partial charge is 0.414 e. The minimum absolute atomic E-state index is 0.370. The maximum absolute atomic E-state index is 6.16. The highest BCUT2D eigenvalue weighted by atomic mass is 28.4. The van der Waals surface area contributed by atoms with E-state index in [4.69, 9.17) is 4.43 Å². The second-order valence-corrected chi connectivity index (χ2v) is 10.4. The summed E-state index contributed by atoms with van der Waals surface area (Å²) in [4.78, 5) is 0. The smallest absolute Gasteiger partial charge is 0.192 e. The van der Waals surface area contributed by atoms with Crippen LogP contribution in [0, 0.1) is 5.92 Å². The predicted molar refractivity (Wildman–Crippen MR) is 55.9 cm³/mol. The molecule has 1 rings (SSSR count). The fraction of sp³-hybridized carbons (Fsp3) is 1.00. The molecule has 0 amide bonds. The molecule has 2 atom stereocenters. The van der Waals surface area contributed by atoms with Crippen molar-refractivity contribution in [2.45, 2.75) is 58.4 Å². The molecule has 0 aromatic heterocycles. The number of hydrogen-bond donors (Lipinski definition) is 0. The van der Waals surface area contributed by atoms with E-state index >= 15 is 0 Å². The Bertz CT molecular complexity index is 169. The first kappa shape index (κ1) is 10.3. The van der Waals surface area contributed by atoms with Crippen molar-refractivity contribution >= 4 is 8.32 Å². The first-order valence-electron chi connectivity index (χ1n) is 4.92. The van der Waals surface area contributed by atoms with E-state index in [1.54, 1.807) is 0 Å². The molecule has 1 saturated carbocycles. The van der Waals surface area contributed by atoms with Gasteiger partial charge in [0.05, 0.1) is 0 Å². The lowest BCUT2D eigenvalue weighted by molar-refractivity contribution is 0.260. The summed E-state index contributed by atoms with van der Waals surface area (Å²) in [5.74, 6) is 0.819. The molecule has 0 radical (unpaired) electrons. The van der Waals surface area contributed by atoms with Gasteiger partial charge < -0.3 is 4.43 Å². The quantitative estimate of drug-likeness (QED) is 0.600. The monoisotopic (exact) mass is 186 g/mol. The van der Waals surface area contributed by atoms with Crippen LogP contribution in [0.4, 0.5) is 0 Å². The van der Waals surface area contributed by atoms with E-state index in [2.05, 4.69) is 40.8 Å². The van der Waals surface area contributed by atoms with E-state index in [1.165, 1.54) is 6.42 Å². The molecule has 1 aliphatic rings. The Kier molecular flexibility index (Phi) is 2.43. The second kappa shape index (κ2) is 2.84. The molecule has 0 aromatic rings. The first-order chi connectivity index (χ1) is 5.24. The molecule has 1 fully saturated rings. The lowest BCUT2D eigenvalue weighted by Gasteiger charge is -2.36. The fourth-order valence-electron chi connectivity index (χ4n) is 1.01. The average Bonchev–Trinajstić information content (AvgIpc) is 2.41. The molecule has 0 N–H and O–H groups in total. The van der Waals surface area contributed by atoms with Crippen molar-refractivity contribution in [3.8, 4) is 0 Å². The Balaban J connectivity index is 2.48. The minimum atomic E-state index is -1.45. The van der Waals surface area contributed by atoms with E-state index in [0.717, 1.165) is 5.92 Å². The third-order valence-electron chi connectivity index (χ3n) is 3.29. The standard InChI is InChI=1S/C10H22OSi/c1-8-7-9(8)11-12(5,6)10(2,3)4/h8-9H,7H2,1-6H3/t8-,9?/m1/s1. The maximum atomic E-state index is 6.16. The Labute approximate surface area is 77.6 Å². The van der Waals surface area contributed by atoms with Crippen molar-refractivity contribution in [2.24, 2.45) is 5.92 Å². The van der Waals surface area contributed by atoms with Gasteiger partial charge >= 0.3 is 0 Å². The van der Waals surface area contributed by atoms with Crippen LogP contribution in [0.2, 0.25) is 18.1 Å². The van der Waals surface area contributed by atoms with Crippen molar-refractivity contribution in [3.05, 3.63) is 0 Å². The van der Waals surface area contributed by atoms with Crippen molar-refractivity contribution in [1.29, 1.82) is 0 Å². The zero-order valence-electron chi connectivity index (χ0n) is 9.27. The lowest BCUT2D eigenvalue weighted by atomic mass is 10.2. The SMILES string of the molecule is C[C@@H]1CC1O[Si](C)(C)C(C)(C)C. The van der Waals surface area contributed by atoms with Crippen molar-refractivity contribution in [2.75, 3.05) is 0 Å². The van der Waals surface area contributed by atoms with Gasteiger partial charge in [0.2, 0.25) is 0 Å². The van der Waals surface area contributed by atoms with Gasteiger partial charge in [-0.1, -0.05) is 27.7 Å². The average molecular weight is 186 g/mol. The van der Waals surface area contributed by atoms with Gasteiger partial charge in [0.25, 0.3) is 0 Å². The van der Waals surface area contributed by atoms with Crippen LogP contribution in [0.1, 0.15) is 34.1 Å².